The van der Waals surface area contributed by atoms with Gasteiger partial charge in [0.2, 0.25) is 0 Å². The van der Waals surface area contributed by atoms with Gasteiger partial charge in [-0.2, -0.15) is 0 Å². The van der Waals surface area contributed by atoms with Gasteiger partial charge in [0.05, 0.1) is 20.9 Å². The van der Waals surface area contributed by atoms with Crippen LogP contribution >= 0.6 is 27.5 Å². The van der Waals surface area contributed by atoms with Crippen LogP contribution in [0.25, 0.3) is 0 Å². The molecule has 0 aromatic heterocycles. The van der Waals surface area contributed by atoms with Crippen molar-refractivity contribution < 1.29 is 12.8 Å². The monoisotopic (exact) mass is 354 g/mol. The fourth-order valence-corrected chi connectivity index (χ4v) is 5.29. The van der Waals surface area contributed by atoms with Crippen LogP contribution < -0.4 is 0 Å². The van der Waals surface area contributed by atoms with Crippen molar-refractivity contribution in [3.05, 3.63) is 34.1 Å². The summed E-state index contributed by atoms with van der Waals surface area (Å²) in [6.07, 6.45) is 2.15. The number of benzene rings is 1. The average Bonchev–Trinajstić information content (AvgIpc) is 2.31. The van der Waals surface area contributed by atoms with Gasteiger partial charge in [0.1, 0.15) is 5.82 Å². The number of hydrogen-bond donors (Lipinski definition) is 0. The molecule has 0 radical (unpaired) electrons. The number of halogens is 3. The second kappa shape index (κ2) is 5.47. The lowest BCUT2D eigenvalue weighted by Crippen LogP contribution is -2.31. The highest BCUT2D eigenvalue weighted by Gasteiger charge is 2.35. The number of alkyl halides is 1. The van der Waals surface area contributed by atoms with Gasteiger partial charge < -0.3 is 0 Å². The molecule has 1 aromatic rings. The minimum absolute atomic E-state index is 0.198. The highest BCUT2D eigenvalue weighted by Crippen LogP contribution is 2.36. The van der Waals surface area contributed by atoms with Gasteiger partial charge in [-0.15, -0.1) is 11.6 Å². The van der Waals surface area contributed by atoms with Crippen LogP contribution in [0.2, 0.25) is 0 Å². The average molecular weight is 356 g/mol. The summed E-state index contributed by atoms with van der Waals surface area (Å²) in [6.45, 7) is 0. The largest absolute Gasteiger partial charge is 0.228 e. The summed E-state index contributed by atoms with van der Waals surface area (Å²) in [5, 5.41) is -1.18. The van der Waals surface area contributed by atoms with Crippen LogP contribution in [0.1, 0.15) is 30.2 Å². The van der Waals surface area contributed by atoms with E-state index in [-0.39, 0.29) is 11.6 Å². The second-order valence-electron chi connectivity index (χ2n) is 4.48. The lowest BCUT2D eigenvalue weighted by Gasteiger charge is -2.26. The fraction of sp³-hybridized carbons (Fsp3) is 0.500. The molecule has 2 unspecified atom stereocenters. The standard InChI is InChI=1S/C12H13BrClFO2S/c13-9-7-8(4-5-10(9)15)12(14)11-3-1-2-6-18(11,16)17/h4-5,7,11-12H,1-3,6H2. The van der Waals surface area contributed by atoms with E-state index >= 15 is 0 Å². The summed E-state index contributed by atoms with van der Waals surface area (Å²) in [4.78, 5) is 0. The molecule has 2 rings (SSSR count). The predicted molar refractivity (Wildman–Crippen MR) is 74.1 cm³/mol. The third kappa shape index (κ3) is 2.89. The van der Waals surface area contributed by atoms with Crippen LogP contribution in [-0.4, -0.2) is 19.4 Å². The quantitative estimate of drug-likeness (QED) is 0.756. The first kappa shape index (κ1) is 14.3. The van der Waals surface area contributed by atoms with Gasteiger partial charge in [-0.1, -0.05) is 12.5 Å². The topological polar surface area (TPSA) is 34.1 Å². The molecule has 0 spiro atoms. The van der Waals surface area contributed by atoms with Crippen LogP contribution in [0.5, 0.6) is 0 Å². The molecule has 0 saturated carbocycles. The molecule has 0 amide bonds. The molecule has 1 heterocycles. The molecule has 6 heteroatoms. The van der Waals surface area contributed by atoms with E-state index in [1.807, 2.05) is 0 Å². The maximum atomic E-state index is 13.1. The molecule has 0 N–H and O–H groups in total. The Labute approximate surface area is 120 Å². The molecule has 0 bridgehead atoms. The summed E-state index contributed by atoms with van der Waals surface area (Å²) in [7, 11) is -3.13. The van der Waals surface area contributed by atoms with Gasteiger partial charge in [-0.05, 0) is 46.5 Å². The van der Waals surface area contributed by atoms with Crippen molar-refractivity contribution in [2.45, 2.75) is 29.9 Å². The van der Waals surface area contributed by atoms with Crippen LogP contribution in [0.4, 0.5) is 4.39 Å². The van der Waals surface area contributed by atoms with Crippen molar-refractivity contribution in [3.63, 3.8) is 0 Å². The normalized spacial score (nSPS) is 24.7. The molecule has 0 aliphatic carbocycles. The maximum absolute atomic E-state index is 13.1. The first-order valence-corrected chi connectivity index (χ1v) is 8.67. The van der Waals surface area contributed by atoms with E-state index < -0.39 is 20.5 Å². The Balaban J connectivity index is 2.30. The van der Waals surface area contributed by atoms with Gasteiger partial charge in [0.25, 0.3) is 0 Å². The van der Waals surface area contributed by atoms with Crippen molar-refractivity contribution in [2.75, 3.05) is 5.75 Å². The summed E-state index contributed by atoms with van der Waals surface area (Å²) < 4.78 is 37.4. The van der Waals surface area contributed by atoms with Crippen LogP contribution in [0, 0.1) is 5.82 Å². The van der Waals surface area contributed by atoms with E-state index in [4.69, 9.17) is 11.6 Å². The van der Waals surface area contributed by atoms with E-state index in [2.05, 4.69) is 15.9 Å². The first-order chi connectivity index (χ1) is 8.42. The van der Waals surface area contributed by atoms with Gasteiger partial charge in [0, 0.05) is 0 Å². The predicted octanol–water partition coefficient (Wildman–Crippen LogP) is 3.84. The number of rotatable bonds is 2. The summed E-state index contributed by atoms with van der Waals surface area (Å²) in [5.74, 6) is -0.183. The lowest BCUT2D eigenvalue weighted by molar-refractivity contribution is 0.533. The van der Waals surface area contributed by atoms with E-state index in [9.17, 15) is 12.8 Å². The van der Waals surface area contributed by atoms with Crippen LogP contribution in [-0.2, 0) is 9.84 Å². The number of hydrogen-bond acceptors (Lipinski definition) is 2. The van der Waals surface area contributed by atoms with E-state index in [1.54, 1.807) is 12.1 Å². The van der Waals surface area contributed by atoms with Gasteiger partial charge in [-0.25, -0.2) is 12.8 Å². The smallest absolute Gasteiger partial charge is 0.154 e. The van der Waals surface area contributed by atoms with Crippen molar-refractivity contribution in [1.29, 1.82) is 0 Å². The van der Waals surface area contributed by atoms with Gasteiger partial charge in [-0.3, -0.25) is 0 Å². The Bertz CT molecular complexity index is 547. The van der Waals surface area contributed by atoms with Gasteiger partial charge in [0.15, 0.2) is 9.84 Å². The molecule has 1 aliphatic heterocycles. The molecular weight excluding hydrogens is 343 g/mol. The Hall–Kier alpha value is -0.130. The van der Waals surface area contributed by atoms with Crippen molar-refractivity contribution in [1.82, 2.24) is 0 Å². The maximum Gasteiger partial charge on any atom is 0.154 e. The lowest BCUT2D eigenvalue weighted by atomic mass is 10.0. The van der Waals surface area contributed by atoms with Crippen LogP contribution in [0.3, 0.4) is 0 Å². The number of sulfone groups is 1. The highest BCUT2D eigenvalue weighted by molar-refractivity contribution is 9.10. The summed E-state index contributed by atoms with van der Waals surface area (Å²) in [5.41, 5.74) is 0.639. The molecule has 2 nitrogen and oxygen atoms in total. The molecule has 1 aromatic carbocycles. The Morgan fingerprint density at radius 3 is 2.72 bits per heavy atom. The zero-order chi connectivity index (χ0) is 13.3. The third-order valence-electron chi connectivity index (χ3n) is 3.22. The highest BCUT2D eigenvalue weighted by atomic mass is 79.9. The van der Waals surface area contributed by atoms with Crippen molar-refractivity contribution >= 4 is 37.4 Å². The Morgan fingerprint density at radius 1 is 1.39 bits per heavy atom. The van der Waals surface area contributed by atoms with E-state index in [0.717, 1.165) is 6.42 Å². The molecule has 18 heavy (non-hydrogen) atoms. The summed E-state index contributed by atoms with van der Waals surface area (Å²) >= 11 is 9.36. The second-order valence-corrected chi connectivity index (χ2v) is 8.14. The first-order valence-electron chi connectivity index (χ1n) is 5.72. The third-order valence-corrected chi connectivity index (χ3v) is 6.82. The van der Waals surface area contributed by atoms with Crippen molar-refractivity contribution in [2.24, 2.45) is 0 Å². The molecule has 1 aliphatic rings. The zero-order valence-corrected chi connectivity index (χ0v) is 12.7. The molecule has 1 saturated heterocycles. The minimum Gasteiger partial charge on any atom is -0.228 e. The minimum atomic E-state index is -3.13. The molecule has 100 valence electrons. The Morgan fingerprint density at radius 2 is 2.11 bits per heavy atom. The SMILES string of the molecule is O=S1(=O)CCCCC1C(Cl)c1ccc(F)c(Br)c1. The van der Waals surface area contributed by atoms with E-state index in [0.29, 0.717) is 22.9 Å². The van der Waals surface area contributed by atoms with Crippen LogP contribution in [0.15, 0.2) is 22.7 Å². The molecule has 2 atom stereocenters. The van der Waals surface area contributed by atoms with Crippen molar-refractivity contribution in [3.8, 4) is 0 Å². The zero-order valence-electron chi connectivity index (χ0n) is 9.57. The molecular formula is C12H13BrClFO2S. The fourth-order valence-electron chi connectivity index (χ4n) is 2.21. The Kier molecular flexibility index (Phi) is 4.34. The summed E-state index contributed by atoms with van der Waals surface area (Å²) in [6, 6.07) is 4.39. The molecule has 1 fully saturated rings. The van der Waals surface area contributed by atoms with Gasteiger partial charge >= 0.3 is 0 Å². The van der Waals surface area contributed by atoms with E-state index in [1.165, 1.54) is 6.07 Å².